The van der Waals surface area contributed by atoms with Crippen LogP contribution in [0.5, 0.6) is 0 Å². The van der Waals surface area contributed by atoms with Gasteiger partial charge in [-0.05, 0) is 87.3 Å². The Labute approximate surface area is 214 Å². The number of unbranched alkanes of at least 4 members (excludes halogenated alkanes) is 2. The minimum absolute atomic E-state index is 0. The zero-order valence-electron chi connectivity index (χ0n) is 21.3. The summed E-state index contributed by atoms with van der Waals surface area (Å²) < 4.78 is 9.21. The number of aromatic nitrogens is 3. The van der Waals surface area contributed by atoms with Crippen LogP contribution in [0.2, 0.25) is 0 Å². The predicted octanol–water partition coefficient (Wildman–Crippen LogP) is 5.09. The number of methoxy groups -OCH3 is 2. The number of carbonyl (C=O) groups is 2. The third-order valence-corrected chi connectivity index (χ3v) is 6.06. The molecule has 0 amide bonds. The maximum atomic E-state index is 11.0. The predicted molar refractivity (Wildman–Crippen MR) is 142 cm³/mol. The fourth-order valence-electron chi connectivity index (χ4n) is 3.99. The third kappa shape index (κ3) is 8.91. The van der Waals surface area contributed by atoms with Gasteiger partial charge in [0.15, 0.2) is 5.65 Å². The van der Waals surface area contributed by atoms with Crippen molar-refractivity contribution in [3.8, 4) is 0 Å². The largest absolute Gasteiger partial charge is 0.469 e. The van der Waals surface area contributed by atoms with Gasteiger partial charge in [-0.2, -0.15) is 0 Å². The Morgan fingerprint density at radius 2 is 1.56 bits per heavy atom. The maximum absolute atomic E-state index is 11.0. The Morgan fingerprint density at radius 3 is 2.25 bits per heavy atom. The van der Waals surface area contributed by atoms with Gasteiger partial charge in [0.2, 0.25) is 0 Å². The number of nitrogens with one attached hydrogen (secondary N) is 1. The molecule has 36 heavy (non-hydrogen) atoms. The zero-order chi connectivity index (χ0) is 25.6. The summed E-state index contributed by atoms with van der Waals surface area (Å²) in [5, 5.41) is 4.39. The summed E-state index contributed by atoms with van der Waals surface area (Å²) in [4.78, 5) is 35.3. The molecule has 0 bridgehead atoms. The van der Waals surface area contributed by atoms with Crippen LogP contribution in [-0.2, 0) is 38.3 Å². The minimum atomic E-state index is -0.150. The highest BCUT2D eigenvalue weighted by Crippen LogP contribution is 2.20. The molecule has 0 aliphatic carbocycles. The fraction of sp³-hybridized carbons (Fsp3) is 0.464. The fourth-order valence-corrected chi connectivity index (χ4v) is 3.99. The molecule has 0 unspecified atom stereocenters. The summed E-state index contributed by atoms with van der Waals surface area (Å²) in [5.41, 5.74) is 4.22. The Bertz CT molecular complexity index is 1140. The molecule has 1 N–H and O–H groups in total. The maximum Gasteiger partial charge on any atom is 0.305 e. The quantitative estimate of drug-likeness (QED) is 0.307. The summed E-state index contributed by atoms with van der Waals surface area (Å²) >= 11 is 0. The monoisotopic (exact) mass is 494 g/mol. The van der Waals surface area contributed by atoms with E-state index in [2.05, 4.69) is 41.9 Å². The molecule has 0 saturated heterocycles. The molecule has 1 aliphatic rings. The zero-order valence-corrected chi connectivity index (χ0v) is 21.3. The Morgan fingerprint density at radius 1 is 0.889 bits per heavy atom. The van der Waals surface area contributed by atoms with Gasteiger partial charge in [0.1, 0.15) is 5.82 Å². The van der Waals surface area contributed by atoms with Crippen molar-refractivity contribution in [2.75, 3.05) is 26.1 Å². The number of fused-ring (bicyclic) bond motifs is 2. The number of carbonyl (C=O) groups excluding carboxylic acids is 2. The van der Waals surface area contributed by atoms with Crippen molar-refractivity contribution in [2.24, 2.45) is 0 Å². The number of pyridine rings is 3. The number of nitrogens with zero attached hydrogens (tertiary/aromatic N) is 3. The highest BCUT2D eigenvalue weighted by molar-refractivity contribution is 5.74. The van der Waals surface area contributed by atoms with Crippen molar-refractivity contribution in [3.63, 3.8) is 0 Å². The molecule has 0 radical (unpaired) electrons. The highest BCUT2D eigenvalue weighted by atomic mass is 16.5. The molecular weight excluding hydrogens is 456 g/mol. The highest BCUT2D eigenvalue weighted by Gasteiger charge is 2.10. The molecule has 0 fully saturated rings. The number of hydrogen-bond donors (Lipinski definition) is 1. The van der Waals surface area contributed by atoms with E-state index >= 15 is 0 Å². The first-order valence-electron chi connectivity index (χ1n) is 12.7. The van der Waals surface area contributed by atoms with Crippen molar-refractivity contribution in [1.29, 1.82) is 0 Å². The molecule has 3 aromatic rings. The minimum Gasteiger partial charge on any atom is -0.469 e. The Hall–Kier alpha value is -3.55. The van der Waals surface area contributed by atoms with Crippen molar-refractivity contribution in [3.05, 3.63) is 59.5 Å². The average molecular weight is 495 g/mol. The van der Waals surface area contributed by atoms with Crippen LogP contribution in [0.1, 0.15) is 63.3 Å². The van der Waals surface area contributed by atoms with Crippen LogP contribution in [0.25, 0.3) is 11.0 Å². The lowest BCUT2D eigenvalue weighted by Crippen LogP contribution is -2.14. The smallest absolute Gasteiger partial charge is 0.305 e. The lowest BCUT2D eigenvalue weighted by Gasteiger charge is -2.17. The van der Waals surface area contributed by atoms with Crippen molar-refractivity contribution >= 4 is 28.8 Å². The number of anilines is 1. The van der Waals surface area contributed by atoms with E-state index in [4.69, 9.17) is 0 Å². The van der Waals surface area contributed by atoms with Gasteiger partial charge < -0.3 is 14.8 Å². The van der Waals surface area contributed by atoms with E-state index in [1.54, 1.807) is 6.20 Å². The number of rotatable bonds is 10. The number of hydrogen-bond acceptors (Lipinski definition) is 8. The second-order valence-electron chi connectivity index (χ2n) is 8.76. The molecule has 8 nitrogen and oxygen atoms in total. The van der Waals surface area contributed by atoms with Gasteiger partial charge in [-0.1, -0.05) is 6.07 Å². The van der Waals surface area contributed by atoms with Gasteiger partial charge in [-0.15, -0.1) is 0 Å². The molecule has 0 atom stereocenters. The van der Waals surface area contributed by atoms with Crippen molar-refractivity contribution in [2.45, 2.75) is 64.2 Å². The summed E-state index contributed by atoms with van der Waals surface area (Å²) in [6.07, 6.45) is 10.4. The first-order valence-corrected chi connectivity index (χ1v) is 12.7. The summed E-state index contributed by atoms with van der Waals surface area (Å²) in [6, 6.07) is 12.2. The van der Waals surface area contributed by atoms with Crippen LogP contribution in [0.4, 0.5) is 5.82 Å². The molecular formula is C28H38N4O4. The second kappa shape index (κ2) is 14.8. The van der Waals surface area contributed by atoms with E-state index in [9.17, 15) is 9.59 Å². The van der Waals surface area contributed by atoms with Gasteiger partial charge in [0, 0.05) is 43.8 Å². The molecule has 3 aromatic heterocycles. The van der Waals surface area contributed by atoms with Gasteiger partial charge in [0.05, 0.1) is 14.2 Å². The first-order chi connectivity index (χ1) is 17.6. The molecule has 0 saturated carbocycles. The lowest BCUT2D eigenvalue weighted by atomic mass is 10.1. The van der Waals surface area contributed by atoms with Gasteiger partial charge in [0.25, 0.3) is 0 Å². The third-order valence-electron chi connectivity index (χ3n) is 6.06. The van der Waals surface area contributed by atoms with Crippen molar-refractivity contribution in [1.82, 2.24) is 15.0 Å². The van der Waals surface area contributed by atoms with Crippen LogP contribution in [-0.4, -0.2) is 47.7 Å². The molecule has 8 heteroatoms. The normalized spacial score (nSPS) is 12.1. The van der Waals surface area contributed by atoms with E-state index in [0.717, 1.165) is 79.7 Å². The molecule has 4 heterocycles. The van der Waals surface area contributed by atoms with Crippen LogP contribution >= 0.6 is 0 Å². The summed E-state index contributed by atoms with van der Waals surface area (Å²) in [7, 11) is 2.85. The van der Waals surface area contributed by atoms with Gasteiger partial charge in [-0.3, -0.25) is 9.59 Å². The summed E-state index contributed by atoms with van der Waals surface area (Å²) in [5.74, 6) is 0.768. The Balaban J connectivity index is 0.000000253. The van der Waals surface area contributed by atoms with Crippen molar-refractivity contribution < 1.29 is 20.5 Å². The van der Waals surface area contributed by atoms with Crippen LogP contribution < -0.4 is 5.32 Å². The average Bonchev–Trinajstić information content (AvgIpc) is 2.93. The standard InChI is InChI=1S/C14H20N2O2.C14H16N2O2.H2/c2*1-18-13(17)7-3-2-6-12-9-8-11-5-4-10-15-14(11)16-12;/h8-9H,2-7,10H2,1H3,(H,15,16);4-5,8-10H,2-3,6-7H2,1H3;1H. The second-order valence-corrected chi connectivity index (χ2v) is 8.76. The SMILES string of the molecule is COC(=O)CCCCc1ccc2c(n1)NCCC2.COC(=O)CCCCc1ccc2cccnc2n1.[HH]. The number of esters is 2. The van der Waals surface area contributed by atoms with E-state index < -0.39 is 0 Å². The first kappa shape index (κ1) is 27.0. The van der Waals surface area contributed by atoms with E-state index in [1.165, 1.54) is 26.2 Å². The number of ether oxygens (including phenoxy) is 2. The Kier molecular flexibility index (Phi) is 11.1. The van der Waals surface area contributed by atoms with E-state index in [-0.39, 0.29) is 13.4 Å². The molecule has 1 aliphatic heterocycles. The van der Waals surface area contributed by atoms with E-state index in [1.807, 2.05) is 24.3 Å². The molecule has 194 valence electrons. The van der Waals surface area contributed by atoms with Crippen LogP contribution in [0.15, 0.2) is 42.6 Å². The van der Waals surface area contributed by atoms with Crippen LogP contribution in [0, 0.1) is 0 Å². The molecule has 0 aromatic carbocycles. The van der Waals surface area contributed by atoms with Gasteiger partial charge in [-0.25, -0.2) is 15.0 Å². The molecule has 4 rings (SSSR count). The lowest BCUT2D eigenvalue weighted by molar-refractivity contribution is -0.141. The topological polar surface area (TPSA) is 103 Å². The van der Waals surface area contributed by atoms with E-state index in [0.29, 0.717) is 12.8 Å². The number of aryl methyl sites for hydroxylation is 3. The molecule has 0 spiro atoms. The van der Waals surface area contributed by atoms with Gasteiger partial charge >= 0.3 is 11.9 Å². The summed E-state index contributed by atoms with van der Waals surface area (Å²) in [6.45, 7) is 1.02. The van der Waals surface area contributed by atoms with Crippen LogP contribution in [0.3, 0.4) is 0 Å².